The van der Waals surface area contributed by atoms with Crippen LogP contribution < -0.4 is 9.47 Å². The Morgan fingerprint density at radius 3 is 1.36 bits per heavy atom. The second-order valence-electron chi connectivity index (χ2n) is 6.22. The molecular weight excluding hydrogens is 310 g/mol. The van der Waals surface area contributed by atoms with Gasteiger partial charge in [0, 0.05) is 32.3 Å². The molecule has 0 radical (unpaired) electrons. The third kappa shape index (κ3) is 1.86. The van der Waals surface area contributed by atoms with Crippen LogP contribution in [0.25, 0.3) is 43.4 Å². The lowest BCUT2D eigenvalue weighted by atomic mass is 10.0. The Balaban J connectivity index is 2.07. The molecule has 0 saturated heterocycles. The summed E-state index contributed by atoms with van der Waals surface area (Å²) in [4.78, 5) is 3.66. The first-order valence-corrected chi connectivity index (χ1v) is 8.28. The van der Waals surface area contributed by atoms with Crippen LogP contribution in [0.5, 0.6) is 11.5 Å². The largest absolute Gasteiger partial charge is 0.496 e. The first kappa shape index (κ1) is 14.2. The maximum absolute atomic E-state index is 5.65. The highest BCUT2D eigenvalue weighted by atomic mass is 16.5. The van der Waals surface area contributed by atoms with Crippen molar-refractivity contribution in [1.29, 1.82) is 0 Å². The second-order valence-corrected chi connectivity index (χ2v) is 6.22. The molecule has 1 aromatic heterocycles. The Morgan fingerprint density at radius 2 is 0.960 bits per heavy atom. The summed E-state index contributed by atoms with van der Waals surface area (Å²) in [6.07, 6.45) is 0. The van der Waals surface area contributed by atoms with Crippen molar-refractivity contribution >= 4 is 43.4 Å². The van der Waals surface area contributed by atoms with E-state index in [1.165, 1.54) is 0 Å². The van der Waals surface area contributed by atoms with Crippen molar-refractivity contribution in [2.24, 2.45) is 0 Å². The summed E-state index contributed by atoms with van der Waals surface area (Å²) in [5, 5.41) is 6.84. The zero-order valence-electron chi connectivity index (χ0n) is 14.1. The van der Waals surface area contributed by atoms with Crippen LogP contribution in [0.1, 0.15) is 0 Å². The second kappa shape index (κ2) is 5.15. The summed E-state index contributed by atoms with van der Waals surface area (Å²) in [6, 6.07) is 20.9. The highest BCUT2D eigenvalue weighted by Gasteiger charge is 2.15. The van der Waals surface area contributed by atoms with Crippen LogP contribution in [-0.2, 0) is 0 Å². The predicted octanol–water partition coefficient (Wildman–Crippen LogP) is 5.64. The van der Waals surface area contributed by atoms with Crippen LogP contribution in [-0.4, -0.2) is 19.2 Å². The molecule has 5 rings (SSSR count). The number of ether oxygens (including phenoxy) is 2. The van der Waals surface area contributed by atoms with Crippen molar-refractivity contribution in [3.8, 4) is 11.5 Å². The number of rotatable bonds is 2. The minimum absolute atomic E-state index is 0.885. The van der Waals surface area contributed by atoms with Gasteiger partial charge in [-0.15, -0.1) is 0 Å². The van der Waals surface area contributed by atoms with Crippen molar-refractivity contribution in [1.82, 2.24) is 4.98 Å². The van der Waals surface area contributed by atoms with Gasteiger partial charge in [0.1, 0.15) is 11.5 Å². The summed E-state index contributed by atoms with van der Waals surface area (Å²) in [5.41, 5.74) is 2.26. The standard InChI is InChI=1S/C22H17NO2/c1-24-19-11-17-18-12-20(25-2)14-8-4-6-10-16(14)22(18)23-21(17)15-9-5-3-7-13(15)19/h3-12,23H,1-2H3. The van der Waals surface area contributed by atoms with Gasteiger partial charge in [0.05, 0.1) is 25.3 Å². The van der Waals surface area contributed by atoms with E-state index in [1.54, 1.807) is 14.2 Å². The van der Waals surface area contributed by atoms with Gasteiger partial charge in [-0.2, -0.15) is 0 Å². The minimum atomic E-state index is 0.885. The number of benzene rings is 4. The first-order chi connectivity index (χ1) is 12.3. The van der Waals surface area contributed by atoms with Crippen LogP contribution in [0.15, 0.2) is 60.7 Å². The number of fused-ring (bicyclic) bond motifs is 7. The van der Waals surface area contributed by atoms with Gasteiger partial charge in [-0.05, 0) is 12.1 Å². The van der Waals surface area contributed by atoms with E-state index in [4.69, 9.17) is 9.47 Å². The van der Waals surface area contributed by atoms with E-state index >= 15 is 0 Å². The molecule has 3 nitrogen and oxygen atoms in total. The summed E-state index contributed by atoms with van der Waals surface area (Å²) < 4.78 is 11.3. The van der Waals surface area contributed by atoms with E-state index in [0.29, 0.717) is 0 Å². The van der Waals surface area contributed by atoms with Crippen molar-refractivity contribution in [3.05, 3.63) is 60.7 Å². The Morgan fingerprint density at radius 1 is 0.560 bits per heavy atom. The molecule has 0 bridgehead atoms. The lowest BCUT2D eigenvalue weighted by molar-refractivity contribution is 0.420. The van der Waals surface area contributed by atoms with Crippen molar-refractivity contribution in [3.63, 3.8) is 0 Å². The number of aromatic nitrogens is 1. The normalized spacial score (nSPS) is 11.6. The van der Waals surface area contributed by atoms with Crippen LogP contribution in [0.3, 0.4) is 0 Å². The van der Waals surface area contributed by atoms with E-state index in [-0.39, 0.29) is 0 Å². The smallest absolute Gasteiger partial charge is 0.127 e. The summed E-state index contributed by atoms with van der Waals surface area (Å²) in [5.74, 6) is 1.77. The fraction of sp³-hybridized carbons (Fsp3) is 0.0909. The van der Waals surface area contributed by atoms with Crippen molar-refractivity contribution < 1.29 is 9.47 Å². The molecule has 25 heavy (non-hydrogen) atoms. The third-order valence-corrected chi connectivity index (χ3v) is 4.99. The first-order valence-electron chi connectivity index (χ1n) is 8.28. The Labute approximate surface area is 144 Å². The maximum atomic E-state index is 5.65. The minimum Gasteiger partial charge on any atom is -0.496 e. The molecule has 3 heteroatoms. The average Bonchev–Trinajstić information content (AvgIpc) is 3.05. The molecule has 0 fully saturated rings. The maximum Gasteiger partial charge on any atom is 0.127 e. The molecule has 0 aliphatic rings. The Bertz CT molecular complexity index is 1170. The molecule has 4 aromatic carbocycles. The fourth-order valence-electron chi connectivity index (χ4n) is 3.84. The molecule has 0 saturated carbocycles. The van der Waals surface area contributed by atoms with Gasteiger partial charge in [0.15, 0.2) is 0 Å². The van der Waals surface area contributed by atoms with Gasteiger partial charge in [0.25, 0.3) is 0 Å². The molecule has 0 aliphatic heterocycles. The SMILES string of the molecule is COc1cc2c3cc(OC)c4ccccc4c3[nH]c2c2ccccc12. The van der Waals surface area contributed by atoms with Gasteiger partial charge in [-0.1, -0.05) is 48.5 Å². The van der Waals surface area contributed by atoms with E-state index < -0.39 is 0 Å². The molecule has 0 unspecified atom stereocenters. The fourth-order valence-corrected chi connectivity index (χ4v) is 3.84. The molecule has 0 atom stereocenters. The number of H-pyrrole nitrogens is 1. The highest BCUT2D eigenvalue weighted by Crippen LogP contribution is 2.41. The number of hydrogen-bond acceptors (Lipinski definition) is 2. The van der Waals surface area contributed by atoms with E-state index in [1.807, 2.05) is 12.1 Å². The van der Waals surface area contributed by atoms with Crippen LogP contribution in [0.4, 0.5) is 0 Å². The third-order valence-electron chi connectivity index (χ3n) is 4.99. The molecule has 0 aliphatic carbocycles. The van der Waals surface area contributed by atoms with Gasteiger partial charge in [-0.25, -0.2) is 0 Å². The van der Waals surface area contributed by atoms with E-state index in [0.717, 1.165) is 54.8 Å². The molecule has 5 aromatic rings. The van der Waals surface area contributed by atoms with Gasteiger partial charge >= 0.3 is 0 Å². The zero-order valence-corrected chi connectivity index (χ0v) is 14.1. The molecule has 1 heterocycles. The van der Waals surface area contributed by atoms with Crippen molar-refractivity contribution in [2.75, 3.05) is 14.2 Å². The predicted molar refractivity (Wildman–Crippen MR) is 104 cm³/mol. The molecule has 0 amide bonds. The highest BCUT2D eigenvalue weighted by molar-refractivity contribution is 6.24. The lowest BCUT2D eigenvalue weighted by Gasteiger charge is -2.07. The average molecular weight is 327 g/mol. The quantitative estimate of drug-likeness (QED) is 0.455. The Hall–Kier alpha value is -3.20. The topological polar surface area (TPSA) is 34.2 Å². The molecular formula is C22H17NO2. The number of hydrogen-bond donors (Lipinski definition) is 1. The monoisotopic (exact) mass is 327 g/mol. The number of aromatic amines is 1. The Kier molecular flexibility index (Phi) is 2.92. The number of methoxy groups -OCH3 is 2. The van der Waals surface area contributed by atoms with E-state index in [9.17, 15) is 0 Å². The zero-order chi connectivity index (χ0) is 17.0. The van der Waals surface area contributed by atoms with Gasteiger partial charge in [0.2, 0.25) is 0 Å². The molecule has 122 valence electrons. The number of nitrogens with one attached hydrogen (secondary N) is 1. The van der Waals surface area contributed by atoms with Crippen LogP contribution in [0, 0.1) is 0 Å². The molecule has 1 N–H and O–H groups in total. The molecule has 0 spiro atoms. The summed E-state index contributed by atoms with van der Waals surface area (Å²) in [6.45, 7) is 0. The van der Waals surface area contributed by atoms with Crippen LogP contribution >= 0.6 is 0 Å². The van der Waals surface area contributed by atoms with Crippen LogP contribution in [0.2, 0.25) is 0 Å². The van der Waals surface area contributed by atoms with Gasteiger partial charge < -0.3 is 14.5 Å². The summed E-state index contributed by atoms with van der Waals surface area (Å²) in [7, 11) is 3.44. The summed E-state index contributed by atoms with van der Waals surface area (Å²) >= 11 is 0. The van der Waals surface area contributed by atoms with E-state index in [2.05, 4.69) is 53.5 Å². The van der Waals surface area contributed by atoms with Gasteiger partial charge in [-0.3, -0.25) is 0 Å². The van der Waals surface area contributed by atoms with Crippen molar-refractivity contribution in [2.45, 2.75) is 0 Å². The lowest BCUT2D eigenvalue weighted by Crippen LogP contribution is -1.86.